The molecule has 1 aromatic rings. The fraction of sp³-hybridized carbons (Fsp3) is 0.300. The molecule has 0 radical (unpaired) electrons. The van der Waals surface area contributed by atoms with Crippen molar-refractivity contribution in [3.05, 3.63) is 39.4 Å². The standard InChI is InChI=1S/C10H10BrNO4/c1-6(11)7-4-3-5-8(10(13)16-2)9(7)12(14)15/h3-6H,1-2H3. The van der Waals surface area contributed by atoms with Crippen molar-refractivity contribution in [1.29, 1.82) is 0 Å². The lowest BCUT2D eigenvalue weighted by atomic mass is 10.1. The minimum atomic E-state index is -0.707. The van der Waals surface area contributed by atoms with Crippen LogP contribution in [0.5, 0.6) is 0 Å². The predicted molar refractivity (Wildman–Crippen MR) is 61.8 cm³/mol. The number of hydrogen-bond acceptors (Lipinski definition) is 4. The smallest absolute Gasteiger partial charge is 0.344 e. The molecule has 0 heterocycles. The van der Waals surface area contributed by atoms with Crippen LogP contribution in [0.4, 0.5) is 5.69 Å². The van der Waals surface area contributed by atoms with Crippen LogP contribution < -0.4 is 0 Å². The maximum atomic E-state index is 11.4. The van der Waals surface area contributed by atoms with E-state index in [1.807, 2.05) is 0 Å². The Balaban J connectivity index is 3.44. The van der Waals surface area contributed by atoms with Gasteiger partial charge in [-0.05, 0) is 13.0 Å². The van der Waals surface area contributed by atoms with Gasteiger partial charge in [0, 0.05) is 10.4 Å². The van der Waals surface area contributed by atoms with Crippen LogP contribution in [0.1, 0.15) is 27.7 Å². The summed E-state index contributed by atoms with van der Waals surface area (Å²) in [7, 11) is 1.19. The van der Waals surface area contributed by atoms with Crippen molar-refractivity contribution in [2.75, 3.05) is 7.11 Å². The first-order valence-corrected chi connectivity index (χ1v) is 5.40. The van der Waals surface area contributed by atoms with E-state index in [4.69, 9.17) is 0 Å². The van der Waals surface area contributed by atoms with Crippen molar-refractivity contribution in [2.45, 2.75) is 11.8 Å². The van der Waals surface area contributed by atoms with Crippen LogP contribution in [-0.4, -0.2) is 18.0 Å². The molecule has 86 valence electrons. The Morgan fingerprint density at radius 1 is 1.56 bits per heavy atom. The summed E-state index contributed by atoms with van der Waals surface area (Å²) in [4.78, 5) is 21.5. The highest BCUT2D eigenvalue weighted by Gasteiger charge is 2.26. The first kappa shape index (κ1) is 12.6. The number of hydrogen-bond donors (Lipinski definition) is 0. The Kier molecular flexibility index (Phi) is 4.00. The lowest BCUT2D eigenvalue weighted by Gasteiger charge is -2.07. The van der Waals surface area contributed by atoms with Crippen molar-refractivity contribution >= 4 is 27.6 Å². The zero-order valence-electron chi connectivity index (χ0n) is 8.77. The molecule has 0 aromatic heterocycles. The van der Waals surface area contributed by atoms with Crippen LogP contribution in [0.3, 0.4) is 0 Å². The van der Waals surface area contributed by atoms with Crippen LogP contribution in [0.2, 0.25) is 0 Å². The summed E-state index contributed by atoms with van der Waals surface area (Å²) < 4.78 is 4.50. The number of nitro benzene ring substituents is 1. The Morgan fingerprint density at radius 3 is 2.62 bits per heavy atom. The molecule has 0 aliphatic carbocycles. The molecule has 0 bridgehead atoms. The molecule has 0 aliphatic rings. The van der Waals surface area contributed by atoms with Crippen LogP contribution in [0, 0.1) is 10.1 Å². The topological polar surface area (TPSA) is 69.4 Å². The molecule has 0 saturated carbocycles. The SMILES string of the molecule is COC(=O)c1cccc(C(C)Br)c1[N+](=O)[O-]. The normalized spacial score (nSPS) is 11.9. The van der Waals surface area contributed by atoms with E-state index in [2.05, 4.69) is 20.7 Å². The summed E-state index contributed by atoms with van der Waals surface area (Å²) in [5.74, 6) is -0.707. The van der Waals surface area contributed by atoms with E-state index in [9.17, 15) is 14.9 Å². The number of carbonyl (C=O) groups is 1. The molecule has 0 saturated heterocycles. The zero-order valence-corrected chi connectivity index (χ0v) is 10.4. The van der Waals surface area contributed by atoms with E-state index in [0.29, 0.717) is 5.56 Å². The number of carbonyl (C=O) groups excluding carboxylic acids is 1. The minimum Gasteiger partial charge on any atom is -0.465 e. The van der Waals surface area contributed by atoms with E-state index in [0.717, 1.165) is 0 Å². The van der Waals surface area contributed by atoms with Gasteiger partial charge in [-0.15, -0.1) is 0 Å². The van der Waals surface area contributed by atoms with E-state index in [-0.39, 0.29) is 16.1 Å². The second-order valence-electron chi connectivity index (χ2n) is 3.11. The zero-order chi connectivity index (χ0) is 12.3. The first-order chi connectivity index (χ1) is 7.49. The number of halogens is 1. The molecule has 6 heteroatoms. The summed E-state index contributed by atoms with van der Waals surface area (Å²) in [6.07, 6.45) is 0. The summed E-state index contributed by atoms with van der Waals surface area (Å²) >= 11 is 3.25. The molecule has 16 heavy (non-hydrogen) atoms. The Morgan fingerprint density at radius 2 is 2.19 bits per heavy atom. The number of alkyl halides is 1. The number of benzene rings is 1. The van der Waals surface area contributed by atoms with Gasteiger partial charge in [0.05, 0.1) is 12.0 Å². The summed E-state index contributed by atoms with van der Waals surface area (Å²) in [5, 5.41) is 10.9. The maximum absolute atomic E-state index is 11.4. The van der Waals surface area contributed by atoms with Crippen LogP contribution in [0.25, 0.3) is 0 Å². The second kappa shape index (κ2) is 5.07. The monoisotopic (exact) mass is 287 g/mol. The van der Waals surface area contributed by atoms with Gasteiger partial charge in [-0.1, -0.05) is 28.1 Å². The van der Waals surface area contributed by atoms with E-state index < -0.39 is 10.9 Å². The summed E-state index contributed by atoms with van der Waals surface area (Å²) in [5.41, 5.74) is 0.211. The van der Waals surface area contributed by atoms with Crippen molar-refractivity contribution in [1.82, 2.24) is 0 Å². The molecular formula is C10H10BrNO4. The van der Waals surface area contributed by atoms with E-state index in [1.54, 1.807) is 19.1 Å². The van der Waals surface area contributed by atoms with Crippen LogP contribution in [0.15, 0.2) is 18.2 Å². The number of nitro groups is 1. The highest BCUT2D eigenvalue weighted by atomic mass is 79.9. The van der Waals surface area contributed by atoms with Gasteiger partial charge in [-0.2, -0.15) is 0 Å². The fourth-order valence-corrected chi connectivity index (χ4v) is 1.73. The second-order valence-corrected chi connectivity index (χ2v) is 4.48. The van der Waals surface area contributed by atoms with Gasteiger partial charge >= 0.3 is 5.97 Å². The van der Waals surface area contributed by atoms with Gasteiger partial charge < -0.3 is 4.74 Å². The summed E-state index contributed by atoms with van der Waals surface area (Å²) in [6.45, 7) is 1.75. The predicted octanol–water partition coefficient (Wildman–Crippen LogP) is 2.84. The molecule has 5 nitrogen and oxygen atoms in total. The molecule has 0 N–H and O–H groups in total. The molecule has 0 spiro atoms. The van der Waals surface area contributed by atoms with E-state index in [1.165, 1.54) is 13.2 Å². The largest absolute Gasteiger partial charge is 0.465 e. The Hall–Kier alpha value is -1.43. The fourth-order valence-electron chi connectivity index (χ4n) is 1.36. The Bertz CT molecular complexity index is 431. The molecule has 1 unspecified atom stereocenters. The van der Waals surface area contributed by atoms with Crippen molar-refractivity contribution in [3.8, 4) is 0 Å². The Labute approximate surface area is 101 Å². The molecule has 1 aromatic carbocycles. The van der Waals surface area contributed by atoms with Gasteiger partial charge in [-0.3, -0.25) is 10.1 Å². The average molecular weight is 288 g/mol. The van der Waals surface area contributed by atoms with Gasteiger partial charge in [0.2, 0.25) is 0 Å². The minimum absolute atomic E-state index is 0.0312. The number of para-hydroxylation sites is 1. The highest BCUT2D eigenvalue weighted by Crippen LogP contribution is 2.33. The van der Waals surface area contributed by atoms with Crippen LogP contribution in [-0.2, 0) is 4.74 Å². The van der Waals surface area contributed by atoms with Gasteiger partial charge in [-0.25, -0.2) is 4.79 Å². The lowest BCUT2D eigenvalue weighted by molar-refractivity contribution is -0.385. The number of ether oxygens (including phenoxy) is 1. The van der Waals surface area contributed by atoms with Gasteiger partial charge in [0.25, 0.3) is 5.69 Å². The molecule has 0 amide bonds. The highest BCUT2D eigenvalue weighted by molar-refractivity contribution is 9.09. The summed E-state index contributed by atoms with van der Waals surface area (Å²) in [6, 6.07) is 4.57. The third-order valence-corrected chi connectivity index (χ3v) is 2.58. The quantitative estimate of drug-likeness (QED) is 0.371. The van der Waals surface area contributed by atoms with E-state index >= 15 is 0 Å². The molecule has 1 atom stereocenters. The maximum Gasteiger partial charge on any atom is 0.344 e. The average Bonchev–Trinajstić information content (AvgIpc) is 2.26. The molecule has 0 aliphatic heterocycles. The number of rotatable bonds is 3. The van der Waals surface area contributed by atoms with Gasteiger partial charge in [0.1, 0.15) is 5.56 Å². The van der Waals surface area contributed by atoms with Gasteiger partial charge in [0.15, 0.2) is 0 Å². The molecule has 1 rings (SSSR count). The number of methoxy groups -OCH3 is 1. The molecular weight excluding hydrogens is 278 g/mol. The van der Waals surface area contributed by atoms with Crippen molar-refractivity contribution in [3.63, 3.8) is 0 Å². The first-order valence-electron chi connectivity index (χ1n) is 4.48. The molecule has 0 fully saturated rings. The number of nitrogens with zero attached hydrogens (tertiary/aromatic N) is 1. The number of esters is 1. The third kappa shape index (κ3) is 2.38. The third-order valence-electron chi connectivity index (χ3n) is 2.08. The van der Waals surface area contributed by atoms with Crippen molar-refractivity contribution < 1.29 is 14.5 Å². The van der Waals surface area contributed by atoms with Crippen LogP contribution >= 0.6 is 15.9 Å². The lowest BCUT2D eigenvalue weighted by Crippen LogP contribution is -2.08. The van der Waals surface area contributed by atoms with Crippen molar-refractivity contribution in [2.24, 2.45) is 0 Å².